The van der Waals surface area contributed by atoms with Crippen molar-refractivity contribution in [2.45, 2.75) is 72.3 Å². The van der Waals surface area contributed by atoms with Gasteiger partial charge in [0, 0.05) is 17.7 Å². The molecule has 0 amide bonds. The van der Waals surface area contributed by atoms with E-state index in [9.17, 15) is 0 Å². The molecule has 0 aliphatic heterocycles. The average Bonchev–Trinajstić information content (AvgIpc) is 2.33. The maximum absolute atomic E-state index is 6.13. The predicted molar refractivity (Wildman–Crippen MR) is 87.5 cm³/mol. The minimum atomic E-state index is 0.0499. The quantitative estimate of drug-likeness (QED) is 0.877. The number of hydrogen-bond acceptors (Lipinski definition) is 2. The fraction of sp³-hybridized carbons (Fsp3) is 0.667. The third-order valence-electron chi connectivity index (χ3n) is 3.45. The van der Waals surface area contributed by atoms with Crippen LogP contribution in [0.15, 0.2) is 12.1 Å². The van der Waals surface area contributed by atoms with Crippen LogP contribution < -0.4 is 10.5 Å². The molecule has 0 aliphatic rings. The number of benzene rings is 1. The Morgan fingerprint density at radius 3 is 1.70 bits per heavy atom. The van der Waals surface area contributed by atoms with Crippen LogP contribution in [0, 0.1) is 0 Å². The fourth-order valence-corrected chi connectivity index (χ4v) is 2.28. The van der Waals surface area contributed by atoms with Gasteiger partial charge in [-0.1, -0.05) is 60.6 Å². The summed E-state index contributed by atoms with van der Waals surface area (Å²) in [5, 5.41) is 0. The van der Waals surface area contributed by atoms with Crippen LogP contribution in [-0.4, -0.2) is 6.61 Å². The fourth-order valence-electron chi connectivity index (χ4n) is 2.28. The van der Waals surface area contributed by atoms with E-state index in [2.05, 4.69) is 60.6 Å². The second-order valence-electron chi connectivity index (χ2n) is 7.57. The molecular weight excluding hydrogens is 246 g/mol. The van der Waals surface area contributed by atoms with E-state index in [1.165, 1.54) is 16.7 Å². The second kappa shape index (κ2) is 6.17. The molecular formula is C18H31NO. The molecule has 0 fully saturated rings. The molecule has 0 saturated carbocycles. The topological polar surface area (TPSA) is 35.2 Å². The first-order valence-electron chi connectivity index (χ1n) is 7.62. The van der Waals surface area contributed by atoms with E-state index in [4.69, 9.17) is 10.5 Å². The van der Waals surface area contributed by atoms with E-state index < -0.39 is 0 Å². The van der Waals surface area contributed by atoms with Crippen LogP contribution in [-0.2, 0) is 17.4 Å². The highest BCUT2D eigenvalue weighted by molar-refractivity contribution is 5.50. The monoisotopic (exact) mass is 277 g/mol. The lowest BCUT2D eigenvalue weighted by atomic mass is 9.78. The zero-order valence-corrected chi connectivity index (χ0v) is 14.3. The summed E-state index contributed by atoms with van der Waals surface area (Å²) in [6, 6.07) is 4.42. The molecule has 1 aromatic rings. The average molecular weight is 277 g/mol. The van der Waals surface area contributed by atoms with Gasteiger partial charge in [0.1, 0.15) is 5.75 Å². The lowest BCUT2D eigenvalue weighted by molar-refractivity contribution is 0.299. The molecule has 0 aromatic heterocycles. The van der Waals surface area contributed by atoms with Crippen LogP contribution in [0.5, 0.6) is 5.75 Å². The molecule has 20 heavy (non-hydrogen) atoms. The Morgan fingerprint density at radius 2 is 1.40 bits per heavy atom. The van der Waals surface area contributed by atoms with Gasteiger partial charge >= 0.3 is 0 Å². The molecule has 2 nitrogen and oxygen atoms in total. The van der Waals surface area contributed by atoms with Crippen LogP contribution in [0.25, 0.3) is 0 Å². The van der Waals surface area contributed by atoms with Crippen LogP contribution >= 0.6 is 0 Å². The van der Waals surface area contributed by atoms with Crippen LogP contribution in [0.4, 0.5) is 0 Å². The Morgan fingerprint density at radius 1 is 0.950 bits per heavy atom. The highest BCUT2D eigenvalue weighted by Crippen LogP contribution is 2.40. The van der Waals surface area contributed by atoms with Gasteiger partial charge in [-0.2, -0.15) is 0 Å². The summed E-state index contributed by atoms with van der Waals surface area (Å²) in [6.07, 6.45) is 1.02. The summed E-state index contributed by atoms with van der Waals surface area (Å²) < 4.78 is 6.13. The summed E-state index contributed by atoms with van der Waals surface area (Å²) in [7, 11) is 0. The van der Waals surface area contributed by atoms with Crippen LogP contribution in [0.3, 0.4) is 0 Å². The highest BCUT2D eigenvalue weighted by atomic mass is 16.5. The molecule has 2 N–H and O–H groups in total. The van der Waals surface area contributed by atoms with Crippen molar-refractivity contribution in [3.8, 4) is 5.75 Å². The first kappa shape index (κ1) is 17.0. The van der Waals surface area contributed by atoms with Crippen LogP contribution in [0.1, 0.15) is 71.6 Å². The smallest absolute Gasteiger partial charge is 0.126 e. The minimum absolute atomic E-state index is 0.0499. The molecule has 0 saturated heterocycles. The molecule has 0 spiro atoms. The van der Waals surface area contributed by atoms with Gasteiger partial charge in [-0.25, -0.2) is 0 Å². The van der Waals surface area contributed by atoms with Gasteiger partial charge in [0.15, 0.2) is 0 Å². The lowest BCUT2D eigenvalue weighted by Gasteiger charge is -2.30. The number of hydrogen-bond donors (Lipinski definition) is 1. The van der Waals surface area contributed by atoms with E-state index in [0.717, 1.165) is 18.8 Å². The Labute approximate surface area is 124 Å². The summed E-state index contributed by atoms with van der Waals surface area (Å²) in [5.41, 5.74) is 9.69. The molecule has 0 radical (unpaired) electrons. The lowest BCUT2D eigenvalue weighted by Crippen LogP contribution is -2.21. The molecule has 114 valence electrons. The van der Waals surface area contributed by atoms with Crippen molar-refractivity contribution in [2.24, 2.45) is 5.73 Å². The molecule has 2 heteroatoms. The highest BCUT2D eigenvalue weighted by Gasteiger charge is 2.27. The number of ether oxygens (including phenoxy) is 1. The first-order chi connectivity index (χ1) is 9.11. The van der Waals surface area contributed by atoms with Gasteiger partial charge in [-0.05, 0) is 22.8 Å². The van der Waals surface area contributed by atoms with Gasteiger partial charge < -0.3 is 10.5 Å². The van der Waals surface area contributed by atoms with Crippen molar-refractivity contribution in [3.05, 3.63) is 28.8 Å². The Balaban J connectivity index is 3.54. The summed E-state index contributed by atoms with van der Waals surface area (Å²) in [6.45, 7) is 16.8. The molecule has 0 bridgehead atoms. The summed E-state index contributed by atoms with van der Waals surface area (Å²) in [5.74, 6) is 1.06. The van der Waals surface area contributed by atoms with Gasteiger partial charge in [-0.3, -0.25) is 0 Å². The SMILES string of the molecule is CCCOc1c(C(C)(C)C)cc(CN)cc1C(C)(C)C. The zero-order chi connectivity index (χ0) is 15.6. The largest absolute Gasteiger partial charge is 0.493 e. The predicted octanol–water partition coefficient (Wildman–Crippen LogP) is 4.53. The third-order valence-corrected chi connectivity index (χ3v) is 3.45. The van der Waals surface area contributed by atoms with Gasteiger partial charge in [0.05, 0.1) is 6.61 Å². The second-order valence-corrected chi connectivity index (χ2v) is 7.57. The maximum Gasteiger partial charge on any atom is 0.126 e. The molecule has 0 heterocycles. The number of rotatable bonds is 4. The van der Waals surface area contributed by atoms with Gasteiger partial charge in [0.2, 0.25) is 0 Å². The van der Waals surface area contributed by atoms with Crippen molar-refractivity contribution < 1.29 is 4.74 Å². The van der Waals surface area contributed by atoms with E-state index >= 15 is 0 Å². The maximum atomic E-state index is 6.13. The minimum Gasteiger partial charge on any atom is -0.493 e. The first-order valence-corrected chi connectivity index (χ1v) is 7.62. The van der Waals surface area contributed by atoms with Gasteiger partial charge in [0.25, 0.3) is 0 Å². The van der Waals surface area contributed by atoms with Crippen molar-refractivity contribution in [1.82, 2.24) is 0 Å². The normalized spacial score (nSPS) is 12.6. The molecule has 1 aromatic carbocycles. The van der Waals surface area contributed by atoms with E-state index in [1.54, 1.807) is 0 Å². The number of nitrogens with two attached hydrogens (primary N) is 1. The standard InChI is InChI=1S/C18H31NO/c1-8-9-20-16-14(17(2,3)4)10-13(12-19)11-15(16)18(5,6)7/h10-11H,8-9,12,19H2,1-7H3. The van der Waals surface area contributed by atoms with E-state index in [-0.39, 0.29) is 10.8 Å². The Kier molecular flexibility index (Phi) is 5.26. The van der Waals surface area contributed by atoms with Crippen molar-refractivity contribution in [3.63, 3.8) is 0 Å². The van der Waals surface area contributed by atoms with Crippen molar-refractivity contribution >= 4 is 0 Å². The van der Waals surface area contributed by atoms with Crippen LogP contribution in [0.2, 0.25) is 0 Å². The molecule has 0 atom stereocenters. The van der Waals surface area contributed by atoms with Crippen molar-refractivity contribution in [1.29, 1.82) is 0 Å². The van der Waals surface area contributed by atoms with E-state index in [0.29, 0.717) is 6.54 Å². The Bertz CT molecular complexity index is 414. The molecule has 0 unspecified atom stereocenters. The van der Waals surface area contributed by atoms with E-state index in [1.807, 2.05) is 0 Å². The zero-order valence-electron chi connectivity index (χ0n) is 14.3. The van der Waals surface area contributed by atoms with Crippen molar-refractivity contribution in [2.75, 3.05) is 6.61 Å². The molecule has 0 aliphatic carbocycles. The molecule has 1 rings (SSSR count). The summed E-state index contributed by atoms with van der Waals surface area (Å²) in [4.78, 5) is 0. The van der Waals surface area contributed by atoms with Gasteiger partial charge in [-0.15, -0.1) is 0 Å². The summed E-state index contributed by atoms with van der Waals surface area (Å²) >= 11 is 0. The third kappa shape index (κ3) is 3.99. The Hall–Kier alpha value is -1.02.